The van der Waals surface area contributed by atoms with Crippen molar-refractivity contribution in [1.82, 2.24) is 0 Å². The molecule has 0 saturated carbocycles. The molecule has 0 aromatic heterocycles. The van der Waals surface area contributed by atoms with Gasteiger partial charge in [0, 0.05) is 5.92 Å². The number of aryl methyl sites for hydroxylation is 1. The molecule has 1 aliphatic carbocycles. The number of carbonyl (C=O) groups is 1. The first-order chi connectivity index (χ1) is 14.4. The van der Waals surface area contributed by atoms with E-state index in [0.717, 1.165) is 17.5 Å². The molecular weight excluding hydrogens is 380 g/mol. The Balaban J connectivity index is 1.98. The first-order valence-electron chi connectivity index (χ1n) is 11.6. The van der Waals surface area contributed by atoms with Crippen LogP contribution >= 0.6 is 0 Å². The Bertz CT molecular complexity index is 992. The summed E-state index contributed by atoms with van der Waals surface area (Å²) in [6.45, 7) is 15.9. The topological polar surface area (TPSA) is 37.3 Å². The molecule has 2 aromatic carbocycles. The SMILES string of the molecule is Cc1cc(/C=C/C(CC(C)C)c2ccc3c(c2)C(C)(C)CCC3(C)C)ccc1C(=O)O. The van der Waals surface area contributed by atoms with Crippen LogP contribution in [0.15, 0.2) is 42.5 Å². The van der Waals surface area contributed by atoms with Crippen molar-refractivity contribution >= 4 is 12.0 Å². The molecule has 1 unspecified atom stereocenters. The standard InChI is InChI=1S/C29H38O2/c1-19(2)16-22(10-8-21-9-12-24(27(30)31)20(3)17-21)23-11-13-25-26(18-23)29(6,7)15-14-28(25,4)5/h8-13,17-19,22H,14-16H2,1-7H3,(H,30,31)/b10-8+. The summed E-state index contributed by atoms with van der Waals surface area (Å²) in [5, 5.41) is 9.28. The molecule has 0 bridgehead atoms. The van der Waals surface area contributed by atoms with E-state index in [0.29, 0.717) is 17.4 Å². The average Bonchev–Trinajstić information content (AvgIpc) is 2.68. The monoisotopic (exact) mass is 418 g/mol. The van der Waals surface area contributed by atoms with Crippen LogP contribution in [-0.2, 0) is 10.8 Å². The third-order valence-corrected chi connectivity index (χ3v) is 7.03. The molecule has 0 amide bonds. The molecule has 1 atom stereocenters. The molecule has 3 rings (SSSR count). The third-order valence-electron chi connectivity index (χ3n) is 7.03. The van der Waals surface area contributed by atoms with Gasteiger partial charge in [0.1, 0.15) is 0 Å². The maximum absolute atomic E-state index is 11.3. The second kappa shape index (κ2) is 8.65. The Labute approximate surface area is 188 Å². The van der Waals surface area contributed by atoms with Gasteiger partial charge in [0.05, 0.1) is 5.56 Å². The first kappa shape index (κ1) is 23.3. The van der Waals surface area contributed by atoms with Crippen molar-refractivity contribution in [2.45, 2.75) is 84.5 Å². The third kappa shape index (κ3) is 5.11. The quantitative estimate of drug-likeness (QED) is 0.518. The van der Waals surface area contributed by atoms with Crippen molar-refractivity contribution in [1.29, 1.82) is 0 Å². The summed E-state index contributed by atoms with van der Waals surface area (Å²) < 4.78 is 0. The largest absolute Gasteiger partial charge is 0.478 e. The lowest BCUT2D eigenvalue weighted by atomic mass is 9.62. The first-order valence-corrected chi connectivity index (χ1v) is 11.6. The lowest BCUT2D eigenvalue weighted by Crippen LogP contribution is -2.34. The Kier molecular flexibility index (Phi) is 6.51. The predicted molar refractivity (Wildman–Crippen MR) is 131 cm³/mol. The molecule has 31 heavy (non-hydrogen) atoms. The molecule has 1 N–H and O–H groups in total. The van der Waals surface area contributed by atoms with Gasteiger partial charge in [-0.25, -0.2) is 4.79 Å². The predicted octanol–water partition coefficient (Wildman–Crippen LogP) is 7.89. The number of rotatable bonds is 6. The van der Waals surface area contributed by atoms with Crippen LogP contribution in [0.3, 0.4) is 0 Å². The Morgan fingerprint density at radius 3 is 2.23 bits per heavy atom. The van der Waals surface area contributed by atoms with Crippen LogP contribution in [0.25, 0.3) is 6.08 Å². The van der Waals surface area contributed by atoms with Crippen LogP contribution in [0.4, 0.5) is 0 Å². The molecule has 0 aliphatic heterocycles. The van der Waals surface area contributed by atoms with Crippen LogP contribution in [0.1, 0.15) is 105 Å². The summed E-state index contributed by atoms with van der Waals surface area (Å²) in [6, 6.07) is 12.7. The molecule has 0 fully saturated rings. The minimum absolute atomic E-state index is 0.205. The van der Waals surface area contributed by atoms with E-state index in [1.807, 2.05) is 19.1 Å². The van der Waals surface area contributed by atoms with E-state index in [2.05, 4.69) is 71.9 Å². The zero-order valence-corrected chi connectivity index (χ0v) is 20.3. The summed E-state index contributed by atoms with van der Waals surface area (Å²) in [5.41, 5.74) is 7.05. The fourth-order valence-corrected chi connectivity index (χ4v) is 4.93. The van der Waals surface area contributed by atoms with E-state index < -0.39 is 5.97 Å². The van der Waals surface area contributed by atoms with E-state index in [1.54, 1.807) is 6.07 Å². The number of benzene rings is 2. The molecule has 0 saturated heterocycles. The number of aromatic carboxylic acids is 1. The summed E-state index contributed by atoms with van der Waals surface area (Å²) in [7, 11) is 0. The van der Waals surface area contributed by atoms with Gasteiger partial charge in [0.25, 0.3) is 0 Å². The van der Waals surface area contributed by atoms with Gasteiger partial charge >= 0.3 is 5.97 Å². The summed E-state index contributed by atoms with van der Waals surface area (Å²) in [5.74, 6) is 0.0576. The number of allylic oxidation sites excluding steroid dienone is 1. The molecular formula is C29H38O2. The fourth-order valence-electron chi connectivity index (χ4n) is 4.93. The Morgan fingerprint density at radius 2 is 1.65 bits per heavy atom. The lowest BCUT2D eigenvalue weighted by molar-refractivity contribution is 0.0696. The smallest absolute Gasteiger partial charge is 0.335 e. The number of fused-ring (bicyclic) bond motifs is 1. The molecule has 0 radical (unpaired) electrons. The van der Waals surface area contributed by atoms with E-state index in [-0.39, 0.29) is 10.8 Å². The second-order valence-corrected chi connectivity index (χ2v) is 11.0. The minimum atomic E-state index is -0.870. The molecule has 2 heteroatoms. The van der Waals surface area contributed by atoms with E-state index in [1.165, 1.54) is 29.5 Å². The zero-order valence-electron chi connectivity index (χ0n) is 20.3. The number of hydrogen-bond acceptors (Lipinski definition) is 1. The molecule has 1 aliphatic rings. The van der Waals surface area contributed by atoms with Crippen molar-refractivity contribution in [3.05, 3.63) is 75.9 Å². The van der Waals surface area contributed by atoms with Gasteiger partial charge in [-0.3, -0.25) is 0 Å². The van der Waals surface area contributed by atoms with Crippen LogP contribution < -0.4 is 0 Å². The van der Waals surface area contributed by atoms with E-state index in [4.69, 9.17) is 0 Å². The van der Waals surface area contributed by atoms with Gasteiger partial charge in [0.15, 0.2) is 0 Å². The van der Waals surface area contributed by atoms with Gasteiger partial charge in [-0.2, -0.15) is 0 Å². The van der Waals surface area contributed by atoms with Gasteiger partial charge in [0.2, 0.25) is 0 Å². The Morgan fingerprint density at radius 1 is 1.00 bits per heavy atom. The van der Waals surface area contributed by atoms with E-state index in [9.17, 15) is 9.90 Å². The average molecular weight is 419 g/mol. The minimum Gasteiger partial charge on any atom is -0.478 e. The normalized spacial score (nSPS) is 18.2. The van der Waals surface area contributed by atoms with Gasteiger partial charge in [-0.1, -0.05) is 84.0 Å². The van der Waals surface area contributed by atoms with Crippen molar-refractivity contribution < 1.29 is 9.90 Å². The summed E-state index contributed by atoms with van der Waals surface area (Å²) in [4.78, 5) is 11.3. The number of carboxylic acids is 1. The van der Waals surface area contributed by atoms with Crippen molar-refractivity contribution in [2.24, 2.45) is 5.92 Å². The fraction of sp³-hybridized carbons (Fsp3) is 0.483. The number of carboxylic acid groups (broad SMARTS) is 1. The van der Waals surface area contributed by atoms with Crippen LogP contribution in [0, 0.1) is 12.8 Å². The van der Waals surface area contributed by atoms with Crippen LogP contribution in [-0.4, -0.2) is 11.1 Å². The molecule has 0 heterocycles. The zero-order chi connectivity index (χ0) is 23.0. The highest BCUT2D eigenvalue weighted by Crippen LogP contribution is 2.46. The highest BCUT2D eigenvalue weighted by Gasteiger charge is 2.37. The van der Waals surface area contributed by atoms with Crippen LogP contribution in [0.5, 0.6) is 0 Å². The summed E-state index contributed by atoms with van der Waals surface area (Å²) in [6.07, 6.45) is 7.99. The van der Waals surface area contributed by atoms with Crippen molar-refractivity contribution in [3.63, 3.8) is 0 Å². The maximum Gasteiger partial charge on any atom is 0.335 e. The highest BCUT2D eigenvalue weighted by molar-refractivity contribution is 5.89. The second-order valence-electron chi connectivity index (χ2n) is 11.0. The molecule has 166 valence electrons. The molecule has 2 nitrogen and oxygen atoms in total. The maximum atomic E-state index is 11.3. The summed E-state index contributed by atoms with van der Waals surface area (Å²) >= 11 is 0. The molecule has 2 aromatic rings. The van der Waals surface area contributed by atoms with Gasteiger partial charge in [-0.05, 0) is 76.8 Å². The van der Waals surface area contributed by atoms with Crippen molar-refractivity contribution in [2.75, 3.05) is 0 Å². The molecule has 0 spiro atoms. The van der Waals surface area contributed by atoms with Gasteiger partial charge < -0.3 is 5.11 Å². The number of hydrogen-bond donors (Lipinski definition) is 1. The van der Waals surface area contributed by atoms with Gasteiger partial charge in [-0.15, -0.1) is 0 Å². The lowest BCUT2D eigenvalue weighted by Gasteiger charge is -2.42. The Hall–Kier alpha value is -2.35. The highest BCUT2D eigenvalue weighted by atomic mass is 16.4. The van der Waals surface area contributed by atoms with Crippen molar-refractivity contribution in [3.8, 4) is 0 Å². The van der Waals surface area contributed by atoms with Crippen LogP contribution in [0.2, 0.25) is 0 Å². The van der Waals surface area contributed by atoms with E-state index >= 15 is 0 Å².